The minimum atomic E-state index is -0.802. The van der Waals surface area contributed by atoms with Crippen molar-refractivity contribution in [2.24, 2.45) is 0 Å². The van der Waals surface area contributed by atoms with Crippen molar-refractivity contribution in [3.63, 3.8) is 0 Å². The number of hydrogen-bond donors (Lipinski definition) is 2. The average Bonchev–Trinajstić information content (AvgIpc) is 3.17. The van der Waals surface area contributed by atoms with Crippen LogP contribution in [0.25, 0.3) is 21.7 Å². The second-order valence-corrected chi connectivity index (χ2v) is 6.50. The molecule has 2 aromatic carbocycles. The predicted molar refractivity (Wildman–Crippen MR) is 105 cm³/mol. The number of furan rings is 1. The molecule has 146 valence electrons. The third-order valence-corrected chi connectivity index (χ3v) is 4.47. The van der Waals surface area contributed by atoms with Gasteiger partial charge in [-0.2, -0.15) is 5.10 Å². The Labute approximate surface area is 164 Å². The minimum absolute atomic E-state index is 0.0571. The Balaban J connectivity index is 1.41. The largest absolute Gasteiger partial charge is 0.459 e. The second kappa shape index (κ2) is 7.59. The number of H-pyrrole nitrogens is 1. The van der Waals surface area contributed by atoms with Gasteiger partial charge in [0.25, 0.3) is 11.5 Å². The molecule has 1 amide bonds. The summed E-state index contributed by atoms with van der Waals surface area (Å²) in [5.41, 5.74) is 0.263. The molecule has 2 N–H and O–H groups in total. The molecule has 0 spiro atoms. The van der Waals surface area contributed by atoms with Crippen LogP contribution < -0.4 is 10.9 Å². The van der Waals surface area contributed by atoms with Crippen LogP contribution in [0.15, 0.2) is 63.8 Å². The number of ether oxygens (including phenoxy) is 1. The Hall–Kier alpha value is -3.94. The molecule has 1 atom stereocenters. The van der Waals surface area contributed by atoms with Gasteiger partial charge in [-0.3, -0.25) is 9.59 Å². The molecule has 0 unspecified atom stereocenters. The van der Waals surface area contributed by atoms with E-state index in [9.17, 15) is 14.4 Å². The van der Waals surface area contributed by atoms with E-state index in [2.05, 4.69) is 15.5 Å². The van der Waals surface area contributed by atoms with E-state index in [-0.39, 0.29) is 5.69 Å². The molecule has 2 heterocycles. The lowest BCUT2D eigenvalue weighted by Gasteiger charge is -2.11. The summed E-state index contributed by atoms with van der Waals surface area (Å²) in [5, 5.41) is 10.4. The van der Waals surface area contributed by atoms with Gasteiger partial charge in [-0.25, -0.2) is 9.89 Å². The van der Waals surface area contributed by atoms with Crippen molar-refractivity contribution in [3.8, 4) is 0 Å². The Morgan fingerprint density at radius 1 is 1.14 bits per heavy atom. The van der Waals surface area contributed by atoms with Crippen LogP contribution >= 0.6 is 0 Å². The first-order valence-electron chi connectivity index (χ1n) is 8.95. The molecule has 0 saturated carbocycles. The topological polar surface area (TPSA) is 114 Å². The average molecular weight is 391 g/mol. The van der Waals surface area contributed by atoms with Crippen LogP contribution in [0.2, 0.25) is 0 Å². The van der Waals surface area contributed by atoms with E-state index in [1.807, 2.05) is 30.3 Å². The van der Waals surface area contributed by atoms with Gasteiger partial charge >= 0.3 is 5.97 Å². The summed E-state index contributed by atoms with van der Waals surface area (Å²) in [6.45, 7) is 1.28. The van der Waals surface area contributed by atoms with Gasteiger partial charge < -0.3 is 14.5 Å². The minimum Gasteiger partial charge on any atom is -0.459 e. The molecule has 0 aliphatic heterocycles. The molecule has 2 aromatic heterocycles. The Kier molecular flexibility index (Phi) is 4.82. The number of carbonyl (C=O) groups excluding carboxylic acids is 2. The van der Waals surface area contributed by atoms with Gasteiger partial charge in [0.05, 0.1) is 11.4 Å². The fraction of sp³-hybridized carbons (Fsp3) is 0.143. The molecule has 4 aromatic rings. The molecule has 0 aliphatic rings. The molecule has 0 bridgehead atoms. The van der Waals surface area contributed by atoms with Crippen molar-refractivity contribution in [2.75, 3.05) is 6.61 Å². The summed E-state index contributed by atoms with van der Waals surface area (Å²) in [5.74, 6) is -0.691. The maximum Gasteiger partial charge on any atom is 0.359 e. The quantitative estimate of drug-likeness (QED) is 0.506. The smallest absolute Gasteiger partial charge is 0.359 e. The molecular weight excluding hydrogens is 374 g/mol. The van der Waals surface area contributed by atoms with Gasteiger partial charge in [0.2, 0.25) is 0 Å². The number of benzene rings is 2. The van der Waals surface area contributed by atoms with Crippen molar-refractivity contribution in [1.29, 1.82) is 0 Å². The number of aromatic nitrogens is 2. The zero-order chi connectivity index (χ0) is 20.4. The number of nitrogens with zero attached hydrogens (tertiary/aromatic N) is 1. The van der Waals surface area contributed by atoms with Gasteiger partial charge in [0, 0.05) is 10.8 Å². The lowest BCUT2D eigenvalue weighted by atomic mass is 10.1. The van der Waals surface area contributed by atoms with E-state index < -0.39 is 30.1 Å². The molecule has 0 radical (unpaired) electrons. The molecule has 0 saturated heterocycles. The Morgan fingerprint density at radius 3 is 2.66 bits per heavy atom. The number of rotatable bonds is 5. The van der Waals surface area contributed by atoms with Crippen LogP contribution in [0.1, 0.15) is 29.2 Å². The third kappa shape index (κ3) is 3.73. The lowest BCUT2D eigenvalue weighted by molar-refractivity contribution is -0.125. The van der Waals surface area contributed by atoms with Crippen LogP contribution in [0.3, 0.4) is 0 Å². The Morgan fingerprint density at radius 2 is 1.86 bits per heavy atom. The van der Waals surface area contributed by atoms with Crippen LogP contribution in [0, 0.1) is 0 Å². The highest BCUT2D eigenvalue weighted by atomic mass is 16.5. The van der Waals surface area contributed by atoms with Crippen molar-refractivity contribution < 1.29 is 18.7 Å². The number of carbonyl (C=O) groups is 2. The zero-order valence-electron chi connectivity index (χ0n) is 15.5. The number of hydrogen-bond acceptors (Lipinski definition) is 6. The second-order valence-electron chi connectivity index (χ2n) is 6.50. The highest BCUT2D eigenvalue weighted by Gasteiger charge is 2.19. The van der Waals surface area contributed by atoms with Gasteiger partial charge in [-0.1, -0.05) is 36.4 Å². The maximum absolute atomic E-state index is 12.3. The number of nitrogens with one attached hydrogen (secondary N) is 2. The first kappa shape index (κ1) is 18.4. The molecule has 0 fully saturated rings. The van der Waals surface area contributed by atoms with E-state index in [0.717, 1.165) is 11.0 Å². The maximum atomic E-state index is 12.3. The third-order valence-electron chi connectivity index (χ3n) is 4.47. The van der Waals surface area contributed by atoms with E-state index in [1.54, 1.807) is 31.2 Å². The normalized spacial score (nSPS) is 12.0. The van der Waals surface area contributed by atoms with Gasteiger partial charge in [0.15, 0.2) is 12.3 Å². The lowest BCUT2D eigenvalue weighted by Crippen LogP contribution is -2.31. The monoisotopic (exact) mass is 391 g/mol. The van der Waals surface area contributed by atoms with Crippen molar-refractivity contribution >= 4 is 33.6 Å². The van der Waals surface area contributed by atoms with Gasteiger partial charge in [-0.05, 0) is 25.1 Å². The van der Waals surface area contributed by atoms with E-state index in [0.29, 0.717) is 16.5 Å². The first-order chi connectivity index (χ1) is 14.0. The molecule has 8 nitrogen and oxygen atoms in total. The van der Waals surface area contributed by atoms with E-state index in [4.69, 9.17) is 9.15 Å². The molecule has 8 heteroatoms. The van der Waals surface area contributed by atoms with Crippen LogP contribution in [0.5, 0.6) is 0 Å². The SMILES string of the molecule is C[C@@H](NC(=O)COC(=O)c1n[nH]c(=O)c2ccccc12)c1cc2ccccc2o1. The summed E-state index contributed by atoms with van der Waals surface area (Å²) < 4.78 is 10.8. The van der Waals surface area contributed by atoms with E-state index in [1.165, 1.54) is 0 Å². The fourth-order valence-electron chi connectivity index (χ4n) is 3.04. The molecule has 4 rings (SSSR count). The standard InChI is InChI=1S/C21H17N3O5/c1-12(17-10-13-6-2-5-9-16(13)29-17)22-18(25)11-28-21(27)19-14-7-3-4-8-15(14)20(26)24-23-19/h2-10,12H,11H2,1H3,(H,22,25)(H,24,26)/t12-/m1/s1. The summed E-state index contributed by atoms with van der Waals surface area (Å²) in [7, 11) is 0. The van der Waals surface area contributed by atoms with Gasteiger partial charge in [-0.15, -0.1) is 0 Å². The highest BCUT2D eigenvalue weighted by molar-refractivity contribution is 6.02. The number of aromatic amines is 1. The number of esters is 1. The van der Waals surface area contributed by atoms with E-state index >= 15 is 0 Å². The van der Waals surface area contributed by atoms with Gasteiger partial charge in [0.1, 0.15) is 11.3 Å². The number of para-hydroxylation sites is 1. The van der Waals surface area contributed by atoms with Crippen molar-refractivity contribution in [2.45, 2.75) is 13.0 Å². The summed E-state index contributed by atoms with van der Waals surface area (Å²) in [4.78, 5) is 36.3. The van der Waals surface area contributed by atoms with Crippen molar-refractivity contribution in [1.82, 2.24) is 15.5 Å². The fourth-order valence-corrected chi connectivity index (χ4v) is 3.04. The summed E-state index contributed by atoms with van der Waals surface area (Å²) >= 11 is 0. The van der Waals surface area contributed by atoms with Crippen LogP contribution in [-0.4, -0.2) is 28.7 Å². The number of fused-ring (bicyclic) bond motifs is 2. The molecule has 0 aliphatic carbocycles. The summed E-state index contributed by atoms with van der Waals surface area (Å²) in [6, 6.07) is 15.5. The molecular formula is C21H17N3O5. The predicted octanol–water partition coefficient (Wildman–Crippen LogP) is 2.70. The zero-order valence-corrected chi connectivity index (χ0v) is 15.5. The first-order valence-corrected chi connectivity index (χ1v) is 8.95. The number of amides is 1. The highest BCUT2D eigenvalue weighted by Crippen LogP contribution is 2.23. The molecule has 29 heavy (non-hydrogen) atoms. The van der Waals surface area contributed by atoms with Crippen molar-refractivity contribution in [3.05, 3.63) is 76.4 Å². The summed E-state index contributed by atoms with van der Waals surface area (Å²) in [6.07, 6.45) is 0. The van der Waals surface area contributed by atoms with Crippen LogP contribution in [-0.2, 0) is 9.53 Å². The van der Waals surface area contributed by atoms with Crippen LogP contribution in [0.4, 0.5) is 0 Å². The Bertz CT molecular complexity index is 1240.